The number of amides is 1. The van der Waals surface area contributed by atoms with Gasteiger partial charge in [-0.2, -0.15) is 5.10 Å². The van der Waals surface area contributed by atoms with Gasteiger partial charge in [-0.3, -0.25) is 4.68 Å². The number of halogens is 1. The second kappa shape index (κ2) is 8.25. The van der Waals surface area contributed by atoms with E-state index in [9.17, 15) is 4.79 Å². The van der Waals surface area contributed by atoms with Gasteiger partial charge in [-0.15, -0.1) is 0 Å². The minimum Gasteiger partial charge on any atom is -0.465 e. The van der Waals surface area contributed by atoms with Gasteiger partial charge in [-0.25, -0.2) is 4.79 Å². The number of nitrogens with two attached hydrogens (primary N) is 1. The molecule has 1 aromatic heterocycles. The second-order valence-electron chi connectivity index (χ2n) is 6.14. The SMILES string of the molecule is CCc1nn(C[C@@H](C)NC(=O)O)c(CC)c1Cc1ccc(N)c(Cl)c1. The largest absolute Gasteiger partial charge is 0.465 e. The number of carboxylic acid groups (broad SMARTS) is 1. The molecule has 0 aliphatic carbocycles. The maximum atomic E-state index is 10.8. The second-order valence-corrected chi connectivity index (χ2v) is 6.55. The predicted molar refractivity (Wildman–Crippen MR) is 100 cm³/mol. The number of nitrogens with zero attached hydrogens (tertiary/aromatic N) is 2. The molecular formula is C18H25ClN4O2. The summed E-state index contributed by atoms with van der Waals surface area (Å²) >= 11 is 6.14. The summed E-state index contributed by atoms with van der Waals surface area (Å²) in [5, 5.41) is 16.6. The third-order valence-corrected chi connectivity index (χ3v) is 4.51. The molecule has 0 aliphatic heterocycles. The van der Waals surface area contributed by atoms with Gasteiger partial charge in [0.25, 0.3) is 0 Å². The Balaban J connectivity index is 2.32. The molecule has 0 spiro atoms. The molecule has 1 aromatic carbocycles. The van der Waals surface area contributed by atoms with Gasteiger partial charge >= 0.3 is 6.09 Å². The molecule has 25 heavy (non-hydrogen) atoms. The highest BCUT2D eigenvalue weighted by Gasteiger charge is 2.18. The van der Waals surface area contributed by atoms with Crippen LogP contribution in [0, 0.1) is 0 Å². The molecule has 0 unspecified atom stereocenters. The lowest BCUT2D eigenvalue weighted by atomic mass is 10.00. The molecule has 7 heteroatoms. The molecule has 2 aromatic rings. The molecule has 0 fully saturated rings. The Hall–Kier alpha value is -2.21. The molecule has 1 heterocycles. The molecule has 0 radical (unpaired) electrons. The van der Waals surface area contributed by atoms with Crippen LogP contribution >= 0.6 is 11.6 Å². The van der Waals surface area contributed by atoms with Crippen LogP contribution in [-0.4, -0.2) is 27.0 Å². The van der Waals surface area contributed by atoms with Crippen LogP contribution in [0.4, 0.5) is 10.5 Å². The number of hydrogen-bond donors (Lipinski definition) is 3. The Bertz CT molecular complexity index is 758. The third kappa shape index (κ3) is 4.66. The van der Waals surface area contributed by atoms with Crippen molar-refractivity contribution in [2.75, 3.05) is 5.73 Å². The maximum Gasteiger partial charge on any atom is 0.404 e. The Kier molecular flexibility index (Phi) is 6.31. The molecule has 1 amide bonds. The van der Waals surface area contributed by atoms with Crippen LogP contribution in [0.3, 0.4) is 0 Å². The van der Waals surface area contributed by atoms with Gasteiger partial charge in [-0.05, 0) is 37.5 Å². The van der Waals surface area contributed by atoms with E-state index < -0.39 is 6.09 Å². The summed E-state index contributed by atoms with van der Waals surface area (Å²) in [7, 11) is 0. The topological polar surface area (TPSA) is 93.2 Å². The minimum atomic E-state index is -1.02. The first-order chi connectivity index (χ1) is 11.8. The van der Waals surface area contributed by atoms with Crippen molar-refractivity contribution >= 4 is 23.4 Å². The lowest BCUT2D eigenvalue weighted by molar-refractivity contribution is 0.189. The van der Waals surface area contributed by atoms with Crippen LogP contribution in [-0.2, 0) is 25.8 Å². The first-order valence-electron chi connectivity index (χ1n) is 8.46. The molecule has 0 bridgehead atoms. The summed E-state index contributed by atoms with van der Waals surface area (Å²) in [6.45, 7) is 6.50. The summed E-state index contributed by atoms with van der Waals surface area (Å²) in [6.07, 6.45) is 1.35. The van der Waals surface area contributed by atoms with E-state index >= 15 is 0 Å². The van der Waals surface area contributed by atoms with Crippen LogP contribution < -0.4 is 11.1 Å². The third-order valence-electron chi connectivity index (χ3n) is 4.18. The quantitative estimate of drug-likeness (QED) is 0.655. The number of nitrogens with one attached hydrogen (secondary N) is 1. The molecule has 0 aliphatic rings. The number of anilines is 1. The van der Waals surface area contributed by atoms with E-state index in [1.54, 1.807) is 0 Å². The van der Waals surface area contributed by atoms with Crippen molar-refractivity contribution in [1.29, 1.82) is 0 Å². The number of aromatic nitrogens is 2. The van der Waals surface area contributed by atoms with Crippen molar-refractivity contribution in [2.24, 2.45) is 0 Å². The zero-order valence-corrected chi connectivity index (χ0v) is 15.6. The Morgan fingerprint density at radius 1 is 1.40 bits per heavy atom. The normalized spacial score (nSPS) is 12.2. The summed E-state index contributed by atoms with van der Waals surface area (Å²) in [4.78, 5) is 10.8. The minimum absolute atomic E-state index is 0.216. The number of carbonyl (C=O) groups is 1. The van der Waals surface area contributed by atoms with Crippen LogP contribution in [0.15, 0.2) is 18.2 Å². The summed E-state index contributed by atoms with van der Waals surface area (Å²) in [5.41, 5.74) is 10.8. The van der Waals surface area contributed by atoms with E-state index in [2.05, 4.69) is 19.2 Å². The highest BCUT2D eigenvalue weighted by Crippen LogP contribution is 2.25. The number of aryl methyl sites for hydroxylation is 1. The standard InChI is InChI=1S/C18H25ClN4O2/c1-4-16-13(8-12-6-7-15(20)14(19)9-12)17(5-2)23(22-16)10-11(3)21-18(24)25/h6-7,9,11,21H,4-5,8,10,20H2,1-3H3,(H,24,25)/t11-/m1/s1. The average Bonchev–Trinajstić information content (AvgIpc) is 2.86. The summed E-state index contributed by atoms with van der Waals surface area (Å²) in [6, 6.07) is 5.47. The number of nitrogen functional groups attached to an aromatic ring is 1. The smallest absolute Gasteiger partial charge is 0.404 e. The average molecular weight is 365 g/mol. The lowest BCUT2D eigenvalue weighted by Gasteiger charge is -2.14. The van der Waals surface area contributed by atoms with Gasteiger partial charge in [0, 0.05) is 23.7 Å². The summed E-state index contributed by atoms with van der Waals surface area (Å²) < 4.78 is 1.92. The molecule has 1 atom stereocenters. The first kappa shape index (κ1) is 19.1. The summed E-state index contributed by atoms with van der Waals surface area (Å²) in [5.74, 6) is 0. The van der Waals surface area contributed by atoms with Gasteiger partial charge in [0.05, 0.1) is 22.9 Å². The van der Waals surface area contributed by atoms with E-state index in [0.717, 1.165) is 36.2 Å². The van der Waals surface area contributed by atoms with E-state index in [0.29, 0.717) is 17.3 Å². The monoisotopic (exact) mass is 364 g/mol. The molecule has 0 saturated heterocycles. The van der Waals surface area contributed by atoms with Gasteiger partial charge in [-0.1, -0.05) is 31.5 Å². The van der Waals surface area contributed by atoms with E-state index in [1.165, 1.54) is 5.56 Å². The molecule has 6 nitrogen and oxygen atoms in total. The van der Waals surface area contributed by atoms with Crippen LogP contribution in [0.2, 0.25) is 5.02 Å². The Morgan fingerprint density at radius 3 is 2.68 bits per heavy atom. The van der Waals surface area contributed by atoms with Crippen molar-refractivity contribution in [2.45, 2.75) is 52.6 Å². The van der Waals surface area contributed by atoms with Crippen LogP contribution in [0.5, 0.6) is 0 Å². The van der Waals surface area contributed by atoms with Gasteiger partial charge in [0.1, 0.15) is 0 Å². The lowest BCUT2D eigenvalue weighted by Crippen LogP contribution is -2.35. The van der Waals surface area contributed by atoms with Crippen molar-refractivity contribution in [3.63, 3.8) is 0 Å². The van der Waals surface area contributed by atoms with E-state index in [-0.39, 0.29) is 6.04 Å². The number of hydrogen-bond acceptors (Lipinski definition) is 3. The Morgan fingerprint density at radius 2 is 2.12 bits per heavy atom. The molecule has 4 N–H and O–H groups in total. The van der Waals surface area contributed by atoms with Crippen LogP contribution in [0.1, 0.15) is 43.3 Å². The fraction of sp³-hybridized carbons (Fsp3) is 0.444. The maximum absolute atomic E-state index is 10.8. The fourth-order valence-corrected chi connectivity index (χ4v) is 3.23. The van der Waals surface area contributed by atoms with Crippen molar-refractivity contribution in [3.8, 4) is 0 Å². The van der Waals surface area contributed by atoms with Crippen molar-refractivity contribution < 1.29 is 9.90 Å². The molecule has 136 valence electrons. The number of benzene rings is 1. The van der Waals surface area contributed by atoms with E-state index in [4.69, 9.17) is 27.5 Å². The highest BCUT2D eigenvalue weighted by atomic mass is 35.5. The van der Waals surface area contributed by atoms with Crippen molar-refractivity contribution in [3.05, 3.63) is 45.7 Å². The van der Waals surface area contributed by atoms with Gasteiger partial charge in [0.2, 0.25) is 0 Å². The van der Waals surface area contributed by atoms with E-state index in [1.807, 2.05) is 29.8 Å². The number of rotatable bonds is 7. The predicted octanol–water partition coefficient (Wildman–Crippen LogP) is 3.49. The van der Waals surface area contributed by atoms with Gasteiger partial charge < -0.3 is 16.2 Å². The highest BCUT2D eigenvalue weighted by molar-refractivity contribution is 6.33. The first-order valence-corrected chi connectivity index (χ1v) is 8.84. The van der Waals surface area contributed by atoms with Crippen LogP contribution in [0.25, 0.3) is 0 Å². The zero-order chi connectivity index (χ0) is 18.6. The molecule has 2 rings (SSSR count). The zero-order valence-electron chi connectivity index (χ0n) is 14.8. The molecule has 0 saturated carbocycles. The Labute approximate surface area is 153 Å². The molecular weight excluding hydrogens is 340 g/mol. The fourth-order valence-electron chi connectivity index (χ4n) is 3.02. The van der Waals surface area contributed by atoms with Crippen molar-refractivity contribution in [1.82, 2.24) is 15.1 Å². The van der Waals surface area contributed by atoms with Gasteiger partial charge in [0.15, 0.2) is 0 Å².